The molecule has 5 heteroatoms. The Morgan fingerprint density at radius 3 is 2.95 bits per heavy atom. The second-order valence-corrected chi connectivity index (χ2v) is 5.77. The topological polar surface area (TPSA) is 63.4 Å². The monoisotopic (exact) mass is 278 g/mol. The Kier molecular flexibility index (Phi) is 5.06. The zero-order valence-electron chi connectivity index (χ0n) is 12.7. The van der Waals surface area contributed by atoms with Gasteiger partial charge in [-0.25, -0.2) is 0 Å². The molecule has 1 aromatic rings. The average molecular weight is 278 g/mol. The largest absolute Gasteiger partial charge is 0.473 e. The molecule has 0 aromatic carbocycles. The summed E-state index contributed by atoms with van der Waals surface area (Å²) in [7, 11) is 2.19. The molecule has 1 fully saturated rings. The smallest absolute Gasteiger partial charge is 0.239 e. The van der Waals surface area contributed by atoms with Crippen molar-refractivity contribution in [1.29, 1.82) is 0 Å². The summed E-state index contributed by atoms with van der Waals surface area (Å²) in [6, 6.07) is 4.33. The molecule has 112 valence electrons. The number of piperidine rings is 1. The van der Waals surface area contributed by atoms with Crippen LogP contribution < -0.4 is 15.8 Å². The van der Waals surface area contributed by atoms with Crippen LogP contribution >= 0.6 is 0 Å². The van der Waals surface area contributed by atoms with Gasteiger partial charge >= 0.3 is 0 Å². The number of ether oxygens (including phenoxy) is 1. The van der Waals surface area contributed by atoms with E-state index in [1.165, 1.54) is 25.8 Å². The number of nitrogens with zero attached hydrogens (tertiary/aromatic N) is 2. The SMILES string of the molecule is CC(C)Oc1nc(NCC2CCCCN2C)ccc1N. The highest BCUT2D eigenvalue weighted by Gasteiger charge is 2.18. The first kappa shape index (κ1) is 14.9. The summed E-state index contributed by atoms with van der Waals surface area (Å²) in [6.45, 7) is 6.04. The lowest BCUT2D eigenvalue weighted by Gasteiger charge is -2.32. The lowest BCUT2D eigenvalue weighted by molar-refractivity contribution is 0.194. The molecular weight excluding hydrogens is 252 g/mol. The molecule has 0 amide bonds. The molecule has 1 aliphatic heterocycles. The van der Waals surface area contributed by atoms with Gasteiger partial charge in [0, 0.05) is 12.6 Å². The number of nitrogens with two attached hydrogens (primary N) is 1. The maximum atomic E-state index is 5.88. The molecule has 1 unspecified atom stereocenters. The molecule has 3 N–H and O–H groups in total. The first-order valence-corrected chi connectivity index (χ1v) is 7.43. The van der Waals surface area contributed by atoms with Gasteiger partial charge in [0.15, 0.2) is 0 Å². The van der Waals surface area contributed by atoms with Crippen LogP contribution in [0.3, 0.4) is 0 Å². The number of aromatic nitrogens is 1. The zero-order chi connectivity index (χ0) is 14.5. The second kappa shape index (κ2) is 6.79. The highest BCUT2D eigenvalue weighted by Crippen LogP contribution is 2.22. The third-order valence-electron chi connectivity index (χ3n) is 3.68. The number of likely N-dealkylation sites (N-methyl/N-ethyl adjacent to an activating group) is 1. The van der Waals surface area contributed by atoms with Crippen molar-refractivity contribution in [3.63, 3.8) is 0 Å². The molecule has 1 aliphatic rings. The number of anilines is 2. The van der Waals surface area contributed by atoms with Gasteiger partial charge in [0.25, 0.3) is 0 Å². The van der Waals surface area contributed by atoms with E-state index >= 15 is 0 Å². The third kappa shape index (κ3) is 4.00. The molecule has 0 saturated carbocycles. The highest BCUT2D eigenvalue weighted by molar-refractivity contribution is 5.53. The summed E-state index contributed by atoms with van der Waals surface area (Å²) < 4.78 is 5.61. The van der Waals surface area contributed by atoms with Crippen molar-refractivity contribution in [2.24, 2.45) is 0 Å². The Morgan fingerprint density at radius 1 is 1.45 bits per heavy atom. The minimum absolute atomic E-state index is 0.0736. The molecule has 2 rings (SSSR count). The van der Waals surface area contributed by atoms with Crippen molar-refractivity contribution in [2.75, 3.05) is 31.2 Å². The minimum Gasteiger partial charge on any atom is -0.473 e. The molecule has 0 aliphatic carbocycles. The van der Waals surface area contributed by atoms with E-state index in [9.17, 15) is 0 Å². The van der Waals surface area contributed by atoms with Crippen molar-refractivity contribution in [2.45, 2.75) is 45.3 Å². The maximum absolute atomic E-state index is 5.88. The molecule has 1 atom stereocenters. The predicted octanol–water partition coefficient (Wildman–Crippen LogP) is 2.35. The number of rotatable bonds is 5. The van der Waals surface area contributed by atoms with Crippen molar-refractivity contribution >= 4 is 11.5 Å². The second-order valence-electron chi connectivity index (χ2n) is 5.77. The van der Waals surface area contributed by atoms with Gasteiger partial charge in [0.1, 0.15) is 5.82 Å². The summed E-state index contributed by atoms with van der Waals surface area (Å²) in [5.41, 5.74) is 6.46. The first-order valence-electron chi connectivity index (χ1n) is 7.43. The number of likely N-dealkylation sites (tertiary alicyclic amines) is 1. The lowest BCUT2D eigenvalue weighted by Crippen LogP contribution is -2.40. The van der Waals surface area contributed by atoms with Gasteiger partial charge in [-0.05, 0) is 52.4 Å². The van der Waals surface area contributed by atoms with Gasteiger partial charge < -0.3 is 20.7 Å². The summed E-state index contributed by atoms with van der Waals surface area (Å²) in [5.74, 6) is 1.34. The standard InChI is InChI=1S/C15H26N4O/c1-11(2)20-15-13(16)7-8-14(18-15)17-10-12-6-4-5-9-19(12)3/h7-8,11-12H,4-6,9-10,16H2,1-3H3,(H,17,18). The third-order valence-corrected chi connectivity index (χ3v) is 3.68. The van der Waals surface area contributed by atoms with Gasteiger partial charge in [-0.1, -0.05) is 6.42 Å². The van der Waals surface area contributed by atoms with E-state index in [1.54, 1.807) is 0 Å². The number of hydrogen-bond acceptors (Lipinski definition) is 5. The Balaban J connectivity index is 1.95. The molecule has 1 aromatic heterocycles. The minimum atomic E-state index is 0.0736. The van der Waals surface area contributed by atoms with E-state index in [0.717, 1.165) is 12.4 Å². The molecule has 1 saturated heterocycles. The highest BCUT2D eigenvalue weighted by atomic mass is 16.5. The van der Waals surface area contributed by atoms with E-state index in [-0.39, 0.29) is 6.10 Å². The fourth-order valence-corrected chi connectivity index (χ4v) is 2.49. The van der Waals surface area contributed by atoms with Crippen molar-refractivity contribution in [3.8, 4) is 5.88 Å². The number of nitrogen functional groups attached to an aromatic ring is 1. The van der Waals surface area contributed by atoms with E-state index in [2.05, 4.69) is 22.2 Å². The molecule has 0 bridgehead atoms. The van der Waals surface area contributed by atoms with Crippen LogP contribution in [0.15, 0.2) is 12.1 Å². The van der Waals surface area contributed by atoms with Gasteiger partial charge in [-0.15, -0.1) is 0 Å². The molecular formula is C15H26N4O. The summed E-state index contributed by atoms with van der Waals surface area (Å²) in [5, 5.41) is 3.40. The molecule has 2 heterocycles. The van der Waals surface area contributed by atoms with Gasteiger partial charge in [-0.2, -0.15) is 4.98 Å². The van der Waals surface area contributed by atoms with Crippen LogP contribution in [0.1, 0.15) is 33.1 Å². The Bertz CT molecular complexity index is 436. The van der Waals surface area contributed by atoms with Gasteiger partial charge in [0.05, 0.1) is 11.8 Å². The summed E-state index contributed by atoms with van der Waals surface area (Å²) in [4.78, 5) is 6.86. The van der Waals surface area contributed by atoms with Gasteiger partial charge in [-0.3, -0.25) is 0 Å². The summed E-state index contributed by atoms with van der Waals surface area (Å²) in [6.07, 6.45) is 3.94. The fourth-order valence-electron chi connectivity index (χ4n) is 2.49. The molecule has 20 heavy (non-hydrogen) atoms. The zero-order valence-corrected chi connectivity index (χ0v) is 12.7. The van der Waals surface area contributed by atoms with Crippen LogP contribution in [0.4, 0.5) is 11.5 Å². The first-order chi connectivity index (χ1) is 9.56. The molecule has 5 nitrogen and oxygen atoms in total. The van der Waals surface area contributed by atoms with Crippen molar-refractivity contribution in [1.82, 2.24) is 9.88 Å². The predicted molar refractivity (Wildman–Crippen MR) is 83.2 cm³/mol. The number of nitrogens with one attached hydrogen (secondary N) is 1. The van der Waals surface area contributed by atoms with Gasteiger partial charge in [0.2, 0.25) is 5.88 Å². The Hall–Kier alpha value is -1.49. The Labute approximate surface area is 121 Å². The quantitative estimate of drug-likeness (QED) is 0.865. The van der Waals surface area contributed by atoms with E-state index < -0.39 is 0 Å². The van der Waals surface area contributed by atoms with Crippen LogP contribution in [-0.4, -0.2) is 42.2 Å². The van der Waals surface area contributed by atoms with Crippen LogP contribution in [0.2, 0.25) is 0 Å². The van der Waals surface area contributed by atoms with Crippen molar-refractivity contribution < 1.29 is 4.74 Å². The maximum Gasteiger partial charge on any atom is 0.239 e. The van der Waals surface area contributed by atoms with E-state index in [0.29, 0.717) is 17.6 Å². The summed E-state index contributed by atoms with van der Waals surface area (Å²) >= 11 is 0. The lowest BCUT2D eigenvalue weighted by atomic mass is 10.0. The number of pyridine rings is 1. The molecule has 0 radical (unpaired) electrons. The average Bonchev–Trinajstić information content (AvgIpc) is 2.40. The fraction of sp³-hybridized carbons (Fsp3) is 0.667. The van der Waals surface area contributed by atoms with Crippen LogP contribution in [0, 0.1) is 0 Å². The Morgan fingerprint density at radius 2 is 2.25 bits per heavy atom. The van der Waals surface area contributed by atoms with E-state index in [1.807, 2.05) is 26.0 Å². The van der Waals surface area contributed by atoms with Crippen molar-refractivity contribution in [3.05, 3.63) is 12.1 Å². The number of hydrogen-bond donors (Lipinski definition) is 2. The normalized spacial score (nSPS) is 20.1. The van der Waals surface area contributed by atoms with Crippen LogP contribution in [0.5, 0.6) is 5.88 Å². The van der Waals surface area contributed by atoms with Crippen LogP contribution in [0.25, 0.3) is 0 Å². The van der Waals surface area contributed by atoms with E-state index in [4.69, 9.17) is 10.5 Å². The molecule has 0 spiro atoms. The van der Waals surface area contributed by atoms with Crippen LogP contribution in [-0.2, 0) is 0 Å².